The van der Waals surface area contributed by atoms with Crippen LogP contribution in [0.5, 0.6) is 5.75 Å². The minimum atomic E-state index is 0.277. The minimum Gasteiger partial charge on any atom is -0.487 e. The van der Waals surface area contributed by atoms with Crippen molar-refractivity contribution in [1.82, 2.24) is 14.9 Å². The summed E-state index contributed by atoms with van der Waals surface area (Å²) >= 11 is 0. The third kappa shape index (κ3) is 2.70. The van der Waals surface area contributed by atoms with Crippen LogP contribution >= 0.6 is 0 Å². The van der Waals surface area contributed by atoms with E-state index >= 15 is 0 Å². The third-order valence-electron chi connectivity index (χ3n) is 3.88. The van der Waals surface area contributed by atoms with E-state index in [-0.39, 0.29) is 6.04 Å². The Labute approximate surface area is 119 Å². The van der Waals surface area contributed by atoms with E-state index in [4.69, 9.17) is 4.74 Å². The van der Waals surface area contributed by atoms with Crippen LogP contribution in [0.1, 0.15) is 43.1 Å². The Bertz CT molecular complexity index is 575. The fourth-order valence-corrected chi connectivity index (χ4v) is 2.40. The van der Waals surface area contributed by atoms with Gasteiger partial charge in [-0.15, -0.1) is 0 Å². The van der Waals surface area contributed by atoms with Gasteiger partial charge in [-0.1, -0.05) is 18.2 Å². The van der Waals surface area contributed by atoms with Crippen molar-refractivity contribution in [2.24, 2.45) is 0 Å². The number of hydrogen-bond donors (Lipinski definition) is 1. The number of nitrogens with one attached hydrogen (secondary N) is 1. The van der Waals surface area contributed by atoms with E-state index in [0.717, 1.165) is 11.4 Å². The maximum Gasteiger partial charge on any atom is 0.130 e. The normalized spacial score (nSPS) is 16.1. The van der Waals surface area contributed by atoms with E-state index in [2.05, 4.69) is 27.9 Å². The van der Waals surface area contributed by atoms with Gasteiger partial charge in [-0.2, -0.15) is 0 Å². The van der Waals surface area contributed by atoms with Crippen LogP contribution < -0.4 is 10.1 Å². The standard InChI is InChI=1S/C16H21N3O/c1-12(17-2)15-5-3-4-6-16(15)20-10-14-9-18-11-19(14)13-7-8-13/h3-6,9,11-13,17H,7-8,10H2,1-2H3. The summed E-state index contributed by atoms with van der Waals surface area (Å²) in [4.78, 5) is 4.24. The first-order valence-electron chi connectivity index (χ1n) is 7.19. The lowest BCUT2D eigenvalue weighted by molar-refractivity contribution is 0.289. The molecule has 20 heavy (non-hydrogen) atoms. The first-order valence-corrected chi connectivity index (χ1v) is 7.19. The van der Waals surface area contributed by atoms with Gasteiger partial charge in [0.1, 0.15) is 12.4 Å². The van der Waals surface area contributed by atoms with Gasteiger partial charge in [0.05, 0.1) is 18.2 Å². The summed E-state index contributed by atoms with van der Waals surface area (Å²) in [6, 6.07) is 9.11. The fourth-order valence-electron chi connectivity index (χ4n) is 2.40. The topological polar surface area (TPSA) is 39.1 Å². The summed E-state index contributed by atoms with van der Waals surface area (Å²) in [5.41, 5.74) is 2.34. The van der Waals surface area contributed by atoms with Crippen molar-refractivity contribution < 1.29 is 4.74 Å². The van der Waals surface area contributed by atoms with Crippen LogP contribution in [-0.2, 0) is 6.61 Å². The zero-order chi connectivity index (χ0) is 13.9. The molecule has 4 nitrogen and oxygen atoms in total. The average Bonchev–Trinajstić information content (AvgIpc) is 3.23. The molecule has 1 atom stereocenters. The predicted molar refractivity (Wildman–Crippen MR) is 78.7 cm³/mol. The second-order valence-corrected chi connectivity index (χ2v) is 5.36. The van der Waals surface area contributed by atoms with E-state index in [9.17, 15) is 0 Å². The number of rotatable bonds is 6. The van der Waals surface area contributed by atoms with Gasteiger partial charge in [0.15, 0.2) is 0 Å². The first kappa shape index (κ1) is 13.2. The number of imidazole rings is 1. The van der Waals surface area contributed by atoms with Crippen LogP contribution in [0.15, 0.2) is 36.8 Å². The summed E-state index contributed by atoms with van der Waals surface area (Å²) in [6.07, 6.45) is 6.34. The highest BCUT2D eigenvalue weighted by molar-refractivity contribution is 5.35. The lowest BCUT2D eigenvalue weighted by Crippen LogP contribution is -2.14. The van der Waals surface area contributed by atoms with Gasteiger partial charge in [-0.25, -0.2) is 4.98 Å². The molecule has 3 rings (SSSR count). The highest BCUT2D eigenvalue weighted by atomic mass is 16.5. The van der Waals surface area contributed by atoms with Crippen molar-refractivity contribution in [2.75, 3.05) is 7.05 Å². The van der Waals surface area contributed by atoms with E-state index in [0.29, 0.717) is 12.6 Å². The van der Waals surface area contributed by atoms with Crippen molar-refractivity contribution >= 4 is 0 Å². The molecular formula is C16H21N3O. The molecule has 1 heterocycles. The third-order valence-corrected chi connectivity index (χ3v) is 3.88. The molecule has 1 aromatic carbocycles. The molecule has 1 saturated carbocycles. The van der Waals surface area contributed by atoms with Crippen LogP contribution in [-0.4, -0.2) is 16.6 Å². The largest absolute Gasteiger partial charge is 0.487 e. The molecular weight excluding hydrogens is 250 g/mol. The number of para-hydroxylation sites is 1. The summed E-state index contributed by atoms with van der Waals surface area (Å²) in [5, 5.41) is 3.26. The summed E-state index contributed by atoms with van der Waals surface area (Å²) in [6.45, 7) is 2.71. The summed E-state index contributed by atoms with van der Waals surface area (Å²) in [7, 11) is 1.96. The highest BCUT2D eigenvalue weighted by Crippen LogP contribution is 2.36. The minimum absolute atomic E-state index is 0.277. The Morgan fingerprint density at radius 1 is 1.40 bits per heavy atom. The molecule has 1 unspecified atom stereocenters. The zero-order valence-corrected chi connectivity index (χ0v) is 12.0. The van der Waals surface area contributed by atoms with Crippen LogP contribution in [0, 0.1) is 0 Å². The maximum absolute atomic E-state index is 6.02. The van der Waals surface area contributed by atoms with E-state index < -0.39 is 0 Å². The van der Waals surface area contributed by atoms with Gasteiger partial charge >= 0.3 is 0 Å². The molecule has 106 valence electrons. The van der Waals surface area contributed by atoms with Crippen LogP contribution in [0.4, 0.5) is 0 Å². The van der Waals surface area contributed by atoms with Crippen molar-refractivity contribution in [3.8, 4) is 5.75 Å². The van der Waals surface area contributed by atoms with E-state index in [1.165, 1.54) is 18.4 Å². The number of nitrogens with zero attached hydrogens (tertiary/aromatic N) is 2. The van der Waals surface area contributed by atoms with Crippen molar-refractivity contribution in [2.45, 2.75) is 38.5 Å². The zero-order valence-electron chi connectivity index (χ0n) is 12.0. The molecule has 1 N–H and O–H groups in total. The molecule has 1 fully saturated rings. The van der Waals surface area contributed by atoms with Gasteiger partial charge in [0.2, 0.25) is 0 Å². The SMILES string of the molecule is CNC(C)c1ccccc1OCc1cncn1C1CC1. The Balaban J connectivity index is 1.73. The monoisotopic (exact) mass is 271 g/mol. The average molecular weight is 271 g/mol. The van der Waals surface area contributed by atoms with Gasteiger partial charge in [0, 0.05) is 17.6 Å². The molecule has 2 aromatic rings. The van der Waals surface area contributed by atoms with Crippen LogP contribution in [0.3, 0.4) is 0 Å². The molecule has 0 spiro atoms. The van der Waals surface area contributed by atoms with Gasteiger partial charge < -0.3 is 14.6 Å². The van der Waals surface area contributed by atoms with Crippen LogP contribution in [0.2, 0.25) is 0 Å². The molecule has 0 aliphatic heterocycles. The van der Waals surface area contributed by atoms with Crippen molar-refractivity contribution in [1.29, 1.82) is 0 Å². The molecule has 0 bridgehead atoms. The Kier molecular flexibility index (Phi) is 3.74. The molecule has 1 aromatic heterocycles. The molecule has 1 aliphatic rings. The lowest BCUT2D eigenvalue weighted by atomic mass is 10.1. The molecule has 0 radical (unpaired) electrons. The summed E-state index contributed by atoms with van der Waals surface area (Å²) < 4.78 is 8.26. The first-order chi connectivity index (χ1) is 9.79. The molecule has 0 amide bonds. The Morgan fingerprint density at radius 2 is 2.20 bits per heavy atom. The fraction of sp³-hybridized carbons (Fsp3) is 0.438. The molecule has 0 saturated heterocycles. The second kappa shape index (κ2) is 5.67. The van der Waals surface area contributed by atoms with Gasteiger partial charge in [-0.05, 0) is 32.9 Å². The second-order valence-electron chi connectivity index (χ2n) is 5.36. The van der Waals surface area contributed by atoms with Gasteiger partial charge in [0.25, 0.3) is 0 Å². The van der Waals surface area contributed by atoms with Crippen molar-refractivity contribution in [3.05, 3.63) is 48.0 Å². The van der Waals surface area contributed by atoms with Crippen molar-refractivity contribution in [3.63, 3.8) is 0 Å². The number of benzene rings is 1. The summed E-state index contributed by atoms with van der Waals surface area (Å²) in [5.74, 6) is 0.942. The highest BCUT2D eigenvalue weighted by Gasteiger charge is 2.25. The quantitative estimate of drug-likeness (QED) is 0.877. The number of ether oxygens (including phenoxy) is 1. The van der Waals surface area contributed by atoms with E-state index in [1.807, 2.05) is 37.8 Å². The number of aromatic nitrogens is 2. The van der Waals surface area contributed by atoms with Gasteiger partial charge in [-0.3, -0.25) is 0 Å². The lowest BCUT2D eigenvalue weighted by Gasteiger charge is -2.16. The maximum atomic E-state index is 6.02. The molecule has 1 aliphatic carbocycles. The predicted octanol–water partition coefficient (Wildman–Crippen LogP) is 3.08. The van der Waals surface area contributed by atoms with Crippen LogP contribution in [0.25, 0.3) is 0 Å². The Hall–Kier alpha value is -1.81. The molecule has 4 heteroatoms. The Morgan fingerprint density at radius 3 is 2.95 bits per heavy atom. The number of hydrogen-bond acceptors (Lipinski definition) is 3. The smallest absolute Gasteiger partial charge is 0.130 e. The van der Waals surface area contributed by atoms with E-state index in [1.54, 1.807) is 0 Å².